The number of nitrogens with one attached hydrogen (secondary N) is 1. The molecule has 3 aromatic rings. The van der Waals surface area contributed by atoms with E-state index >= 15 is 0 Å². The van der Waals surface area contributed by atoms with Crippen LogP contribution in [-0.2, 0) is 0 Å². The molecule has 1 aliphatic rings. The molecule has 0 spiro atoms. The van der Waals surface area contributed by atoms with Gasteiger partial charge in [-0.05, 0) is 37.3 Å². The first-order valence-corrected chi connectivity index (χ1v) is 7.36. The SMILES string of the molecule is COc1ccc2c(c1)C(=Cc1oc(O)c3c(=O)[nH]c(C)cc13)C=N2. The molecule has 6 nitrogen and oxygen atoms in total. The number of hydrogen-bond acceptors (Lipinski definition) is 5. The van der Waals surface area contributed by atoms with Crippen LogP contribution in [0.2, 0.25) is 0 Å². The Labute approximate surface area is 136 Å². The molecule has 1 aromatic carbocycles. The molecule has 0 saturated carbocycles. The molecule has 2 aromatic heterocycles. The summed E-state index contributed by atoms with van der Waals surface area (Å²) in [6.07, 6.45) is 3.48. The summed E-state index contributed by atoms with van der Waals surface area (Å²) in [5.41, 5.74) is 2.86. The summed E-state index contributed by atoms with van der Waals surface area (Å²) in [6.45, 7) is 1.78. The highest BCUT2D eigenvalue weighted by Gasteiger charge is 2.18. The third-order valence-electron chi connectivity index (χ3n) is 4.00. The van der Waals surface area contributed by atoms with Crippen LogP contribution in [0.5, 0.6) is 11.7 Å². The van der Waals surface area contributed by atoms with Gasteiger partial charge in [-0.15, -0.1) is 0 Å². The number of aromatic nitrogens is 1. The van der Waals surface area contributed by atoms with Gasteiger partial charge in [-0.1, -0.05) is 0 Å². The number of rotatable bonds is 2. The second-order valence-corrected chi connectivity index (χ2v) is 5.58. The van der Waals surface area contributed by atoms with Crippen molar-refractivity contribution in [1.29, 1.82) is 0 Å². The smallest absolute Gasteiger partial charge is 0.296 e. The predicted molar refractivity (Wildman–Crippen MR) is 92.3 cm³/mol. The van der Waals surface area contributed by atoms with Crippen molar-refractivity contribution in [3.8, 4) is 11.7 Å². The normalized spacial score (nSPS) is 14.5. The molecule has 120 valence electrons. The molecule has 0 bridgehead atoms. The molecule has 0 aliphatic carbocycles. The van der Waals surface area contributed by atoms with Crippen molar-refractivity contribution in [1.82, 2.24) is 4.98 Å². The van der Waals surface area contributed by atoms with Gasteiger partial charge in [0, 0.05) is 28.4 Å². The fraction of sp³-hybridized carbons (Fsp3) is 0.111. The summed E-state index contributed by atoms with van der Waals surface area (Å²) < 4.78 is 10.7. The first kappa shape index (κ1) is 14.3. The molecule has 0 fully saturated rings. The van der Waals surface area contributed by atoms with Crippen LogP contribution in [-0.4, -0.2) is 23.4 Å². The molecular formula is C18H14N2O4. The third-order valence-corrected chi connectivity index (χ3v) is 4.00. The fourth-order valence-corrected chi connectivity index (χ4v) is 2.86. The molecule has 2 N–H and O–H groups in total. The minimum absolute atomic E-state index is 0.147. The van der Waals surface area contributed by atoms with E-state index in [4.69, 9.17) is 9.15 Å². The van der Waals surface area contributed by atoms with Crippen LogP contribution >= 0.6 is 0 Å². The molecule has 6 heteroatoms. The standard InChI is InChI=1S/C18H14N2O4/c1-9-5-13-15(24-18(22)16(13)17(21)20-9)6-10-8-19-14-4-3-11(23-2)7-12(10)14/h3-8,22H,1-2H3,(H,20,21). The number of nitrogens with zero attached hydrogens (tertiary/aromatic N) is 1. The van der Waals surface area contributed by atoms with Gasteiger partial charge in [0.15, 0.2) is 0 Å². The quantitative estimate of drug-likeness (QED) is 0.757. The van der Waals surface area contributed by atoms with E-state index in [0.29, 0.717) is 16.8 Å². The van der Waals surface area contributed by atoms with Gasteiger partial charge in [-0.2, -0.15) is 0 Å². The Balaban J connectivity index is 1.92. The third kappa shape index (κ3) is 2.11. The van der Waals surface area contributed by atoms with Gasteiger partial charge in [0.1, 0.15) is 16.9 Å². The number of benzene rings is 1. The Morgan fingerprint density at radius 1 is 1.33 bits per heavy atom. The van der Waals surface area contributed by atoms with Gasteiger partial charge in [0.05, 0.1) is 12.8 Å². The maximum atomic E-state index is 12.0. The first-order chi connectivity index (χ1) is 11.6. The van der Waals surface area contributed by atoms with Crippen LogP contribution < -0.4 is 10.3 Å². The van der Waals surface area contributed by atoms with E-state index in [2.05, 4.69) is 9.98 Å². The second kappa shape index (κ2) is 5.13. The lowest BCUT2D eigenvalue weighted by Crippen LogP contribution is -2.06. The number of ether oxygens (including phenoxy) is 1. The van der Waals surface area contributed by atoms with Gasteiger partial charge in [0.2, 0.25) is 0 Å². The predicted octanol–water partition coefficient (Wildman–Crippen LogP) is 3.40. The van der Waals surface area contributed by atoms with Gasteiger partial charge < -0.3 is 19.2 Å². The zero-order valence-electron chi connectivity index (χ0n) is 13.1. The lowest BCUT2D eigenvalue weighted by Gasteiger charge is -2.03. The molecule has 0 saturated heterocycles. The van der Waals surface area contributed by atoms with E-state index in [1.807, 2.05) is 18.2 Å². The Morgan fingerprint density at radius 2 is 2.17 bits per heavy atom. The number of furan rings is 1. The largest absolute Gasteiger partial charge is 0.497 e. The van der Waals surface area contributed by atoms with Gasteiger partial charge in [0.25, 0.3) is 11.5 Å². The Hall–Kier alpha value is -3.28. The summed E-state index contributed by atoms with van der Waals surface area (Å²) in [5.74, 6) is 0.748. The number of aryl methyl sites for hydroxylation is 1. The Morgan fingerprint density at radius 3 is 2.96 bits per heavy atom. The lowest BCUT2D eigenvalue weighted by atomic mass is 10.0. The van der Waals surface area contributed by atoms with E-state index in [-0.39, 0.29) is 16.9 Å². The summed E-state index contributed by atoms with van der Waals surface area (Å²) >= 11 is 0. The van der Waals surface area contributed by atoms with E-state index < -0.39 is 0 Å². The number of methoxy groups -OCH3 is 1. The molecule has 1 aliphatic heterocycles. The molecule has 0 radical (unpaired) electrons. The second-order valence-electron chi connectivity index (χ2n) is 5.58. The molecule has 3 heterocycles. The summed E-state index contributed by atoms with van der Waals surface area (Å²) in [6, 6.07) is 7.37. The molecule has 24 heavy (non-hydrogen) atoms. The van der Waals surface area contributed by atoms with Crippen molar-refractivity contribution in [3.63, 3.8) is 0 Å². The number of pyridine rings is 1. The van der Waals surface area contributed by atoms with Crippen LogP contribution in [0.15, 0.2) is 38.5 Å². The highest BCUT2D eigenvalue weighted by Crippen LogP contribution is 2.37. The van der Waals surface area contributed by atoms with Crippen molar-refractivity contribution in [3.05, 3.63) is 51.6 Å². The zero-order chi connectivity index (χ0) is 16.8. The van der Waals surface area contributed by atoms with E-state index in [1.165, 1.54) is 0 Å². The van der Waals surface area contributed by atoms with Gasteiger partial charge in [-0.25, -0.2) is 0 Å². The number of aromatic amines is 1. The van der Waals surface area contributed by atoms with Crippen molar-refractivity contribution in [2.24, 2.45) is 4.99 Å². The van der Waals surface area contributed by atoms with Crippen molar-refractivity contribution < 1.29 is 14.3 Å². The van der Waals surface area contributed by atoms with E-state index in [0.717, 1.165) is 22.6 Å². The summed E-state index contributed by atoms with van der Waals surface area (Å²) in [5, 5.41) is 10.7. The lowest BCUT2D eigenvalue weighted by molar-refractivity contribution is 0.335. The van der Waals surface area contributed by atoms with Crippen LogP contribution in [0.4, 0.5) is 5.69 Å². The minimum atomic E-state index is -0.390. The number of aromatic hydroxyl groups is 1. The van der Waals surface area contributed by atoms with Crippen LogP contribution in [0.1, 0.15) is 17.0 Å². The van der Waals surface area contributed by atoms with Crippen LogP contribution in [0.3, 0.4) is 0 Å². The Bertz CT molecular complexity index is 1090. The average molecular weight is 322 g/mol. The van der Waals surface area contributed by atoms with Crippen molar-refractivity contribution in [2.45, 2.75) is 6.92 Å². The fourth-order valence-electron chi connectivity index (χ4n) is 2.86. The van der Waals surface area contributed by atoms with Crippen molar-refractivity contribution >= 4 is 34.3 Å². The number of aliphatic imine (C=N–C) groups is 1. The van der Waals surface area contributed by atoms with Crippen LogP contribution in [0, 0.1) is 6.92 Å². The highest BCUT2D eigenvalue weighted by molar-refractivity contribution is 6.22. The molecular weight excluding hydrogens is 308 g/mol. The summed E-state index contributed by atoms with van der Waals surface area (Å²) in [4.78, 5) is 19.0. The number of H-pyrrole nitrogens is 1. The monoisotopic (exact) mass is 322 g/mol. The number of fused-ring (bicyclic) bond motifs is 2. The van der Waals surface area contributed by atoms with Gasteiger partial charge in [-0.3, -0.25) is 9.79 Å². The minimum Gasteiger partial charge on any atom is -0.497 e. The summed E-state index contributed by atoms with van der Waals surface area (Å²) in [7, 11) is 1.61. The van der Waals surface area contributed by atoms with Crippen LogP contribution in [0.25, 0.3) is 22.4 Å². The highest BCUT2D eigenvalue weighted by atomic mass is 16.5. The van der Waals surface area contributed by atoms with Crippen molar-refractivity contribution in [2.75, 3.05) is 7.11 Å². The maximum Gasteiger partial charge on any atom is 0.296 e. The number of hydrogen-bond donors (Lipinski definition) is 2. The molecule has 0 amide bonds. The Kier molecular flexibility index (Phi) is 3.06. The molecule has 0 unspecified atom stereocenters. The van der Waals surface area contributed by atoms with E-state index in [1.54, 1.807) is 32.4 Å². The topological polar surface area (TPSA) is 87.8 Å². The maximum absolute atomic E-state index is 12.0. The van der Waals surface area contributed by atoms with E-state index in [9.17, 15) is 9.90 Å². The van der Waals surface area contributed by atoms with Gasteiger partial charge >= 0.3 is 0 Å². The zero-order valence-corrected chi connectivity index (χ0v) is 13.1. The first-order valence-electron chi connectivity index (χ1n) is 7.36. The molecule has 4 rings (SSSR count). The number of allylic oxidation sites excluding steroid dienone is 1. The average Bonchev–Trinajstić information content (AvgIpc) is 3.09. The molecule has 0 atom stereocenters.